The van der Waals surface area contributed by atoms with Crippen LogP contribution >= 0.6 is 34.5 Å². The molecule has 1 fully saturated rings. The normalized spacial score (nSPS) is 14.6. The van der Waals surface area contributed by atoms with Gasteiger partial charge in [-0.2, -0.15) is 0 Å². The van der Waals surface area contributed by atoms with Gasteiger partial charge in [0.2, 0.25) is 0 Å². The monoisotopic (exact) mass is 500 g/mol. The molecule has 33 heavy (non-hydrogen) atoms. The average molecular weight is 502 g/mol. The molecule has 174 valence electrons. The zero-order chi connectivity index (χ0) is 23.4. The summed E-state index contributed by atoms with van der Waals surface area (Å²) in [5.74, 6) is 0.733. The van der Waals surface area contributed by atoms with Gasteiger partial charge >= 0.3 is 0 Å². The molecular formula is C27H30Cl2N2OS. The van der Waals surface area contributed by atoms with Crippen LogP contribution in [0.5, 0.6) is 0 Å². The summed E-state index contributed by atoms with van der Waals surface area (Å²) in [7, 11) is 0. The van der Waals surface area contributed by atoms with Crippen LogP contribution in [-0.2, 0) is 12.8 Å². The van der Waals surface area contributed by atoms with Crippen molar-refractivity contribution in [2.45, 2.75) is 45.4 Å². The van der Waals surface area contributed by atoms with Crippen molar-refractivity contribution in [1.82, 2.24) is 0 Å². The van der Waals surface area contributed by atoms with Crippen LogP contribution in [0.2, 0.25) is 10.0 Å². The summed E-state index contributed by atoms with van der Waals surface area (Å²) in [6, 6.07) is 15.2. The Kier molecular flexibility index (Phi) is 8.00. The number of rotatable bonds is 8. The van der Waals surface area contributed by atoms with E-state index in [-0.39, 0.29) is 5.78 Å². The zero-order valence-corrected chi connectivity index (χ0v) is 21.3. The lowest BCUT2D eigenvalue weighted by molar-refractivity contribution is 0.103. The molecule has 3 nitrogen and oxygen atoms in total. The maximum absolute atomic E-state index is 13.3. The summed E-state index contributed by atoms with van der Waals surface area (Å²) in [5.41, 5.74) is 10.1. The molecule has 0 saturated carbocycles. The molecule has 2 N–H and O–H groups in total. The van der Waals surface area contributed by atoms with Gasteiger partial charge in [-0.1, -0.05) is 30.1 Å². The first-order valence-corrected chi connectivity index (χ1v) is 13.2. The number of ketones is 1. The van der Waals surface area contributed by atoms with E-state index in [1.54, 1.807) is 35.6 Å². The van der Waals surface area contributed by atoms with Gasteiger partial charge in [0.05, 0.1) is 10.6 Å². The van der Waals surface area contributed by atoms with Crippen molar-refractivity contribution in [3.8, 4) is 0 Å². The molecular weight excluding hydrogens is 471 g/mol. The van der Waals surface area contributed by atoms with Crippen molar-refractivity contribution >= 4 is 51.0 Å². The number of nitrogen functional groups attached to an aromatic ring is 1. The molecule has 1 aliphatic rings. The third-order valence-electron chi connectivity index (χ3n) is 6.62. The smallest absolute Gasteiger partial charge is 0.196 e. The molecule has 0 bridgehead atoms. The molecule has 0 radical (unpaired) electrons. The van der Waals surface area contributed by atoms with E-state index in [9.17, 15) is 4.79 Å². The van der Waals surface area contributed by atoms with Gasteiger partial charge in [-0.3, -0.25) is 4.79 Å². The molecule has 1 aliphatic heterocycles. The van der Waals surface area contributed by atoms with Gasteiger partial charge in [0.15, 0.2) is 5.78 Å². The number of piperidine rings is 1. The number of carbonyl (C=O) groups excluding carboxylic acids is 1. The van der Waals surface area contributed by atoms with Gasteiger partial charge in [0.1, 0.15) is 0 Å². The second-order valence-electron chi connectivity index (χ2n) is 8.73. The summed E-state index contributed by atoms with van der Waals surface area (Å²) in [5, 5.41) is 2.04. The third kappa shape index (κ3) is 5.74. The van der Waals surface area contributed by atoms with Gasteiger partial charge in [0.25, 0.3) is 0 Å². The first kappa shape index (κ1) is 24.1. The Bertz CT molecular complexity index is 1080. The fraction of sp³-hybridized carbons (Fsp3) is 0.370. The Morgan fingerprint density at radius 1 is 1.03 bits per heavy atom. The van der Waals surface area contributed by atoms with E-state index < -0.39 is 0 Å². The summed E-state index contributed by atoms with van der Waals surface area (Å²) in [6.07, 6.45) is 6.47. The van der Waals surface area contributed by atoms with Crippen LogP contribution < -0.4 is 10.6 Å². The molecule has 4 rings (SSSR count). The predicted octanol–water partition coefficient (Wildman–Crippen LogP) is 7.67. The minimum atomic E-state index is 0.00592. The Balaban J connectivity index is 1.37. The van der Waals surface area contributed by atoms with Crippen molar-refractivity contribution < 1.29 is 4.79 Å². The maximum atomic E-state index is 13.3. The number of carbonyl (C=O) groups is 1. The minimum Gasteiger partial charge on any atom is -0.390 e. The van der Waals surface area contributed by atoms with E-state index in [1.807, 2.05) is 12.1 Å². The number of aryl methyl sites for hydroxylation is 1. The summed E-state index contributed by atoms with van der Waals surface area (Å²) < 4.78 is 0. The lowest BCUT2D eigenvalue weighted by atomic mass is 9.89. The quantitative estimate of drug-likeness (QED) is 0.322. The van der Waals surface area contributed by atoms with Crippen LogP contribution in [0, 0.1) is 5.92 Å². The average Bonchev–Trinajstić information content (AvgIpc) is 3.15. The number of nitrogens with zero attached hydrogens (tertiary/aromatic N) is 1. The van der Waals surface area contributed by atoms with Crippen LogP contribution in [0.25, 0.3) is 0 Å². The van der Waals surface area contributed by atoms with Gasteiger partial charge in [0, 0.05) is 39.3 Å². The Hall–Kier alpha value is -2.01. The fourth-order valence-corrected chi connectivity index (χ4v) is 6.08. The largest absolute Gasteiger partial charge is 0.390 e. The highest BCUT2D eigenvalue weighted by Crippen LogP contribution is 2.35. The van der Waals surface area contributed by atoms with E-state index in [0.29, 0.717) is 21.2 Å². The lowest BCUT2D eigenvalue weighted by Gasteiger charge is -2.33. The number of anilines is 2. The molecule has 0 amide bonds. The summed E-state index contributed by atoms with van der Waals surface area (Å²) >= 11 is 13.6. The number of hydrogen-bond acceptors (Lipinski definition) is 4. The first-order chi connectivity index (χ1) is 16.0. The summed E-state index contributed by atoms with van der Waals surface area (Å²) in [6.45, 7) is 4.30. The molecule has 0 atom stereocenters. The molecule has 0 spiro atoms. The number of hydrogen-bond donors (Lipinski definition) is 1. The number of halogens is 2. The first-order valence-electron chi connectivity index (χ1n) is 11.7. The molecule has 1 saturated heterocycles. The molecule has 3 aromatic rings. The van der Waals surface area contributed by atoms with Gasteiger partial charge < -0.3 is 10.6 Å². The molecule has 2 heterocycles. The zero-order valence-electron chi connectivity index (χ0n) is 18.9. The maximum Gasteiger partial charge on any atom is 0.196 e. The van der Waals surface area contributed by atoms with Gasteiger partial charge in [-0.25, -0.2) is 0 Å². The highest BCUT2D eigenvalue weighted by Gasteiger charge is 2.24. The number of benzene rings is 2. The number of thiophene rings is 1. The lowest BCUT2D eigenvalue weighted by Crippen LogP contribution is -2.33. The van der Waals surface area contributed by atoms with Crippen molar-refractivity contribution in [3.05, 3.63) is 80.1 Å². The topological polar surface area (TPSA) is 46.3 Å². The highest BCUT2D eigenvalue weighted by molar-refractivity contribution is 7.16. The third-order valence-corrected chi connectivity index (χ3v) is 8.33. The van der Waals surface area contributed by atoms with E-state index in [4.69, 9.17) is 28.9 Å². The van der Waals surface area contributed by atoms with Crippen LogP contribution in [0.4, 0.5) is 10.7 Å². The second-order valence-corrected chi connectivity index (χ2v) is 10.7. The van der Waals surface area contributed by atoms with Crippen molar-refractivity contribution in [2.75, 3.05) is 23.7 Å². The summed E-state index contributed by atoms with van der Waals surface area (Å²) in [4.78, 5) is 16.9. The Morgan fingerprint density at radius 2 is 1.64 bits per heavy atom. The van der Waals surface area contributed by atoms with E-state index in [1.165, 1.54) is 29.8 Å². The van der Waals surface area contributed by atoms with E-state index >= 15 is 0 Å². The van der Waals surface area contributed by atoms with Crippen LogP contribution in [0.3, 0.4) is 0 Å². The number of nitrogens with two attached hydrogens (primary N) is 1. The molecule has 2 aromatic carbocycles. The standard InChI is InChI=1S/C27H30Cl2N2OS/c1-2-24-23(25(27(30)33-24)26(32)19-6-8-20(28)9-7-19)5-3-4-18-14-16-31(17-15-18)22-12-10-21(29)11-13-22/h6-13,18H,2-5,14-17,30H2,1H3. The Labute approximate surface area is 210 Å². The molecule has 1 aromatic heterocycles. The van der Waals surface area contributed by atoms with Crippen LogP contribution in [-0.4, -0.2) is 18.9 Å². The second kappa shape index (κ2) is 10.9. The predicted molar refractivity (Wildman–Crippen MR) is 142 cm³/mol. The SMILES string of the molecule is CCc1sc(N)c(C(=O)c2ccc(Cl)cc2)c1CCCC1CCN(c2ccc(Cl)cc2)CC1. The van der Waals surface area contributed by atoms with Gasteiger partial charge in [-0.15, -0.1) is 11.3 Å². The molecule has 0 unspecified atom stereocenters. The van der Waals surface area contributed by atoms with E-state index in [0.717, 1.165) is 48.9 Å². The van der Waals surface area contributed by atoms with Gasteiger partial charge in [-0.05, 0) is 98.5 Å². The Morgan fingerprint density at radius 3 is 2.24 bits per heavy atom. The van der Waals surface area contributed by atoms with Crippen molar-refractivity contribution in [2.24, 2.45) is 5.92 Å². The molecule has 0 aliphatic carbocycles. The fourth-order valence-electron chi connectivity index (χ4n) is 4.78. The van der Waals surface area contributed by atoms with E-state index in [2.05, 4.69) is 24.0 Å². The van der Waals surface area contributed by atoms with Crippen LogP contribution in [0.15, 0.2) is 48.5 Å². The highest BCUT2D eigenvalue weighted by atomic mass is 35.5. The minimum absolute atomic E-state index is 0.00592. The van der Waals surface area contributed by atoms with Crippen LogP contribution in [0.1, 0.15) is 59.0 Å². The van der Waals surface area contributed by atoms with Crippen molar-refractivity contribution in [1.29, 1.82) is 0 Å². The van der Waals surface area contributed by atoms with Crippen molar-refractivity contribution in [3.63, 3.8) is 0 Å². The molecule has 6 heteroatoms.